The zero-order valence-corrected chi connectivity index (χ0v) is 11.1. The predicted molar refractivity (Wildman–Crippen MR) is 69.0 cm³/mol. The van der Waals surface area contributed by atoms with Crippen LogP contribution in [0.3, 0.4) is 0 Å². The molecule has 0 aromatic heterocycles. The molecule has 0 aliphatic rings. The van der Waals surface area contributed by atoms with Gasteiger partial charge in [-0.3, -0.25) is 0 Å². The molecule has 0 aliphatic heterocycles. The van der Waals surface area contributed by atoms with Crippen LogP contribution in [0.15, 0.2) is 24.3 Å². The van der Waals surface area contributed by atoms with Gasteiger partial charge in [0.1, 0.15) is 0 Å². The Bertz CT molecular complexity index is 357. The van der Waals surface area contributed by atoms with E-state index in [1.165, 1.54) is 5.56 Å². The molecule has 94 valence electrons. The molecule has 0 radical (unpaired) electrons. The van der Waals surface area contributed by atoms with Crippen molar-refractivity contribution in [3.05, 3.63) is 35.4 Å². The lowest BCUT2D eigenvalue weighted by atomic mass is 10.0. The minimum absolute atomic E-state index is 0.277. The lowest BCUT2D eigenvalue weighted by molar-refractivity contribution is 0.114. The van der Waals surface area contributed by atoms with E-state index < -0.39 is 0 Å². The molecule has 1 aromatic carbocycles. The summed E-state index contributed by atoms with van der Waals surface area (Å²) in [5.74, 6) is 0.534. The number of hydrogen-bond acceptors (Lipinski definition) is 2. The van der Waals surface area contributed by atoms with Crippen LogP contribution >= 0.6 is 0 Å². The van der Waals surface area contributed by atoms with Crippen molar-refractivity contribution in [2.45, 2.75) is 33.2 Å². The topological polar surface area (TPSA) is 29.5 Å². The van der Waals surface area contributed by atoms with Gasteiger partial charge in [-0.15, -0.1) is 0 Å². The van der Waals surface area contributed by atoms with Gasteiger partial charge in [0.05, 0.1) is 6.61 Å². The van der Waals surface area contributed by atoms with Gasteiger partial charge in [-0.2, -0.15) is 0 Å². The SMILES string of the molecule is CCOC(=O)N(C)Cc1ccc(C(C)C)cc1. The average Bonchev–Trinajstić information content (AvgIpc) is 2.30. The number of carbonyl (C=O) groups excluding carboxylic acids is 1. The second-order valence-electron chi connectivity index (χ2n) is 4.45. The largest absolute Gasteiger partial charge is 0.450 e. The quantitative estimate of drug-likeness (QED) is 0.800. The smallest absolute Gasteiger partial charge is 0.409 e. The van der Waals surface area contributed by atoms with Crippen molar-refractivity contribution in [1.29, 1.82) is 0 Å². The van der Waals surface area contributed by atoms with Crippen molar-refractivity contribution >= 4 is 6.09 Å². The van der Waals surface area contributed by atoms with Gasteiger partial charge in [-0.05, 0) is 24.0 Å². The number of carbonyl (C=O) groups is 1. The summed E-state index contributed by atoms with van der Waals surface area (Å²) in [4.78, 5) is 13.0. The molecule has 0 aliphatic carbocycles. The van der Waals surface area contributed by atoms with Crippen LogP contribution < -0.4 is 0 Å². The van der Waals surface area contributed by atoms with E-state index in [4.69, 9.17) is 4.74 Å². The van der Waals surface area contributed by atoms with Gasteiger partial charge < -0.3 is 9.64 Å². The Balaban J connectivity index is 2.60. The van der Waals surface area contributed by atoms with Crippen LogP contribution in [-0.2, 0) is 11.3 Å². The van der Waals surface area contributed by atoms with E-state index in [2.05, 4.69) is 38.1 Å². The Labute approximate surface area is 103 Å². The van der Waals surface area contributed by atoms with Crippen LogP contribution in [0, 0.1) is 0 Å². The number of benzene rings is 1. The van der Waals surface area contributed by atoms with Crippen molar-refractivity contribution < 1.29 is 9.53 Å². The number of ether oxygens (including phenoxy) is 1. The van der Waals surface area contributed by atoms with Crippen LogP contribution in [0.1, 0.15) is 37.8 Å². The van der Waals surface area contributed by atoms with Gasteiger partial charge in [-0.1, -0.05) is 38.1 Å². The minimum atomic E-state index is -0.277. The van der Waals surface area contributed by atoms with Crippen molar-refractivity contribution in [1.82, 2.24) is 4.90 Å². The van der Waals surface area contributed by atoms with E-state index in [9.17, 15) is 4.79 Å². The van der Waals surface area contributed by atoms with Gasteiger partial charge in [0.2, 0.25) is 0 Å². The maximum atomic E-state index is 11.4. The van der Waals surface area contributed by atoms with Gasteiger partial charge in [-0.25, -0.2) is 4.79 Å². The molecule has 3 heteroatoms. The van der Waals surface area contributed by atoms with Crippen LogP contribution in [0.25, 0.3) is 0 Å². The summed E-state index contributed by atoms with van der Waals surface area (Å²) in [5.41, 5.74) is 2.43. The zero-order chi connectivity index (χ0) is 12.8. The molecule has 0 bridgehead atoms. The molecule has 0 saturated heterocycles. The number of rotatable bonds is 4. The average molecular weight is 235 g/mol. The molecule has 0 spiro atoms. The standard InChI is InChI=1S/C14H21NO2/c1-5-17-14(16)15(4)10-12-6-8-13(9-7-12)11(2)3/h6-9,11H,5,10H2,1-4H3. The summed E-state index contributed by atoms with van der Waals surface area (Å²) in [6.45, 7) is 7.13. The minimum Gasteiger partial charge on any atom is -0.450 e. The van der Waals surface area contributed by atoms with Gasteiger partial charge in [0.15, 0.2) is 0 Å². The molecule has 0 heterocycles. The Morgan fingerprint density at radius 3 is 2.35 bits per heavy atom. The highest BCUT2D eigenvalue weighted by molar-refractivity contribution is 5.67. The molecule has 0 N–H and O–H groups in total. The van der Waals surface area contributed by atoms with Crippen LogP contribution in [0.5, 0.6) is 0 Å². The molecular formula is C14H21NO2. The highest BCUT2D eigenvalue weighted by Gasteiger charge is 2.09. The van der Waals surface area contributed by atoms with Crippen LogP contribution in [-0.4, -0.2) is 24.6 Å². The first-order chi connectivity index (χ1) is 8.04. The fraction of sp³-hybridized carbons (Fsp3) is 0.500. The van der Waals surface area contributed by atoms with Crippen molar-refractivity contribution in [2.24, 2.45) is 0 Å². The highest BCUT2D eigenvalue weighted by Crippen LogP contribution is 2.15. The Hall–Kier alpha value is -1.51. The highest BCUT2D eigenvalue weighted by atomic mass is 16.5. The van der Waals surface area contributed by atoms with E-state index >= 15 is 0 Å². The van der Waals surface area contributed by atoms with E-state index in [0.29, 0.717) is 19.1 Å². The summed E-state index contributed by atoms with van der Waals surface area (Å²) >= 11 is 0. The molecule has 1 aromatic rings. The van der Waals surface area contributed by atoms with E-state index in [1.807, 2.05) is 6.92 Å². The first-order valence-electron chi connectivity index (χ1n) is 6.01. The first-order valence-corrected chi connectivity index (χ1v) is 6.01. The summed E-state index contributed by atoms with van der Waals surface area (Å²) in [6, 6.07) is 8.34. The van der Waals surface area contributed by atoms with Crippen molar-refractivity contribution in [3.63, 3.8) is 0 Å². The monoisotopic (exact) mass is 235 g/mol. The summed E-state index contributed by atoms with van der Waals surface area (Å²) in [5, 5.41) is 0. The molecule has 3 nitrogen and oxygen atoms in total. The van der Waals surface area contributed by atoms with Gasteiger partial charge in [0, 0.05) is 13.6 Å². The third-order valence-corrected chi connectivity index (χ3v) is 2.65. The van der Waals surface area contributed by atoms with E-state index in [0.717, 1.165) is 5.56 Å². The molecular weight excluding hydrogens is 214 g/mol. The second-order valence-corrected chi connectivity index (χ2v) is 4.45. The lowest BCUT2D eigenvalue weighted by Crippen LogP contribution is -2.26. The third-order valence-electron chi connectivity index (χ3n) is 2.65. The molecule has 17 heavy (non-hydrogen) atoms. The lowest BCUT2D eigenvalue weighted by Gasteiger charge is -2.16. The maximum absolute atomic E-state index is 11.4. The normalized spacial score (nSPS) is 10.4. The van der Waals surface area contributed by atoms with E-state index in [-0.39, 0.29) is 6.09 Å². The molecule has 0 unspecified atom stereocenters. The zero-order valence-electron chi connectivity index (χ0n) is 11.1. The number of nitrogens with zero attached hydrogens (tertiary/aromatic N) is 1. The fourth-order valence-electron chi connectivity index (χ4n) is 1.58. The number of hydrogen-bond donors (Lipinski definition) is 0. The Kier molecular flexibility index (Phi) is 5.01. The predicted octanol–water partition coefficient (Wildman–Crippen LogP) is 3.40. The summed E-state index contributed by atoms with van der Waals surface area (Å²) in [7, 11) is 1.74. The maximum Gasteiger partial charge on any atom is 0.409 e. The molecule has 0 fully saturated rings. The number of amides is 1. The van der Waals surface area contributed by atoms with Crippen molar-refractivity contribution in [2.75, 3.05) is 13.7 Å². The summed E-state index contributed by atoms with van der Waals surface area (Å²) < 4.78 is 4.92. The molecule has 0 saturated carbocycles. The molecule has 1 rings (SSSR count). The Morgan fingerprint density at radius 1 is 1.29 bits per heavy atom. The van der Waals surface area contributed by atoms with Gasteiger partial charge >= 0.3 is 6.09 Å². The summed E-state index contributed by atoms with van der Waals surface area (Å²) in [6.07, 6.45) is -0.277. The van der Waals surface area contributed by atoms with Gasteiger partial charge in [0.25, 0.3) is 0 Å². The molecule has 1 amide bonds. The third kappa shape index (κ3) is 4.10. The van der Waals surface area contributed by atoms with Crippen LogP contribution in [0.2, 0.25) is 0 Å². The second kappa shape index (κ2) is 6.28. The fourth-order valence-corrected chi connectivity index (χ4v) is 1.58. The van der Waals surface area contributed by atoms with E-state index in [1.54, 1.807) is 11.9 Å². The first kappa shape index (κ1) is 13.6. The van der Waals surface area contributed by atoms with Crippen molar-refractivity contribution in [3.8, 4) is 0 Å². The molecule has 0 atom stereocenters. The Morgan fingerprint density at radius 2 is 1.88 bits per heavy atom. The van der Waals surface area contributed by atoms with Crippen LogP contribution in [0.4, 0.5) is 4.79 Å².